The molecular formula is C19H28N4O2. The van der Waals surface area contributed by atoms with Gasteiger partial charge in [-0.2, -0.15) is 0 Å². The number of rotatable bonds is 4. The maximum atomic E-state index is 5.48. The van der Waals surface area contributed by atoms with Crippen LogP contribution in [0.2, 0.25) is 0 Å². The van der Waals surface area contributed by atoms with E-state index in [9.17, 15) is 0 Å². The monoisotopic (exact) mass is 344 g/mol. The van der Waals surface area contributed by atoms with Crippen molar-refractivity contribution in [3.05, 3.63) is 23.8 Å². The molecule has 6 nitrogen and oxygen atoms in total. The molecule has 2 heterocycles. The van der Waals surface area contributed by atoms with Crippen molar-refractivity contribution in [3.8, 4) is 11.5 Å². The van der Waals surface area contributed by atoms with Gasteiger partial charge >= 0.3 is 0 Å². The highest BCUT2D eigenvalue weighted by Crippen LogP contribution is 2.33. The van der Waals surface area contributed by atoms with Crippen molar-refractivity contribution in [1.82, 2.24) is 15.1 Å². The predicted molar refractivity (Wildman–Crippen MR) is 98.1 cm³/mol. The molecule has 4 rings (SSSR count). The van der Waals surface area contributed by atoms with E-state index in [2.05, 4.69) is 41.1 Å². The first kappa shape index (κ1) is 16.5. The van der Waals surface area contributed by atoms with Crippen molar-refractivity contribution in [2.75, 3.05) is 39.5 Å². The van der Waals surface area contributed by atoms with Crippen LogP contribution in [-0.4, -0.2) is 61.3 Å². The standard InChI is InChI=1S/C19H28N4O2/c1-3-20-19(21-16-10-14(16)2)23-8-6-22(7-9-23)12-15-4-5-17-18(11-15)25-13-24-17/h4-5,11,14,16H,3,6-10,12-13H2,1-2H3,(H,20,21). The van der Waals surface area contributed by atoms with E-state index >= 15 is 0 Å². The molecule has 0 aromatic heterocycles. The van der Waals surface area contributed by atoms with Crippen LogP contribution in [0.1, 0.15) is 25.8 Å². The Labute approximate surface area is 149 Å². The van der Waals surface area contributed by atoms with E-state index < -0.39 is 0 Å². The number of benzene rings is 1. The summed E-state index contributed by atoms with van der Waals surface area (Å²) in [7, 11) is 0. The molecule has 2 aliphatic heterocycles. The second kappa shape index (κ2) is 7.12. The number of guanidine groups is 1. The number of ether oxygens (including phenoxy) is 2. The highest BCUT2D eigenvalue weighted by molar-refractivity contribution is 5.80. The van der Waals surface area contributed by atoms with Crippen molar-refractivity contribution in [3.63, 3.8) is 0 Å². The number of hydrogen-bond acceptors (Lipinski definition) is 4. The third kappa shape index (κ3) is 3.84. The van der Waals surface area contributed by atoms with Crippen molar-refractivity contribution in [1.29, 1.82) is 0 Å². The molecule has 0 bridgehead atoms. The van der Waals surface area contributed by atoms with E-state index in [0.29, 0.717) is 12.8 Å². The summed E-state index contributed by atoms with van der Waals surface area (Å²) in [6.07, 6.45) is 1.27. The number of piperazine rings is 1. The molecule has 0 radical (unpaired) electrons. The first-order chi connectivity index (χ1) is 12.2. The van der Waals surface area contributed by atoms with Gasteiger partial charge in [0.2, 0.25) is 6.79 Å². The Morgan fingerprint density at radius 1 is 1.20 bits per heavy atom. The number of fused-ring (bicyclic) bond motifs is 1. The van der Waals surface area contributed by atoms with E-state index in [4.69, 9.17) is 14.5 Å². The average Bonchev–Trinajstić information content (AvgIpc) is 3.12. The van der Waals surface area contributed by atoms with Crippen molar-refractivity contribution in [2.45, 2.75) is 32.9 Å². The smallest absolute Gasteiger partial charge is 0.231 e. The minimum absolute atomic E-state index is 0.337. The van der Waals surface area contributed by atoms with Gasteiger partial charge in [0.05, 0.1) is 0 Å². The molecule has 0 spiro atoms. The van der Waals surface area contributed by atoms with Gasteiger partial charge in [0.15, 0.2) is 17.5 Å². The fourth-order valence-electron chi connectivity index (χ4n) is 3.49. The largest absolute Gasteiger partial charge is 0.454 e. The maximum Gasteiger partial charge on any atom is 0.231 e. The molecule has 6 heteroatoms. The maximum absolute atomic E-state index is 5.48. The van der Waals surface area contributed by atoms with Crippen molar-refractivity contribution < 1.29 is 9.47 Å². The molecule has 1 aromatic rings. The zero-order valence-corrected chi connectivity index (χ0v) is 15.2. The van der Waals surface area contributed by atoms with Gasteiger partial charge in [-0.05, 0) is 37.0 Å². The van der Waals surface area contributed by atoms with Gasteiger partial charge in [-0.25, -0.2) is 0 Å². The molecule has 0 amide bonds. The Hall–Kier alpha value is -1.95. The third-order valence-electron chi connectivity index (χ3n) is 5.25. The quantitative estimate of drug-likeness (QED) is 0.668. The zero-order valence-electron chi connectivity index (χ0n) is 15.2. The summed E-state index contributed by atoms with van der Waals surface area (Å²) in [6, 6.07) is 6.88. The molecule has 3 aliphatic rings. The second-order valence-corrected chi connectivity index (χ2v) is 7.21. The van der Waals surface area contributed by atoms with Crippen LogP contribution in [0.25, 0.3) is 0 Å². The van der Waals surface area contributed by atoms with Gasteiger partial charge in [0.1, 0.15) is 0 Å². The van der Waals surface area contributed by atoms with Gasteiger partial charge in [0.25, 0.3) is 0 Å². The fourth-order valence-corrected chi connectivity index (χ4v) is 3.49. The highest BCUT2D eigenvalue weighted by atomic mass is 16.7. The molecule has 1 aliphatic carbocycles. The van der Waals surface area contributed by atoms with Crippen LogP contribution in [0, 0.1) is 5.92 Å². The van der Waals surface area contributed by atoms with Gasteiger partial charge in [-0.3, -0.25) is 9.89 Å². The lowest BCUT2D eigenvalue weighted by atomic mass is 10.1. The van der Waals surface area contributed by atoms with Gasteiger partial charge < -0.3 is 19.7 Å². The summed E-state index contributed by atoms with van der Waals surface area (Å²) < 4.78 is 10.9. The highest BCUT2D eigenvalue weighted by Gasteiger charge is 2.34. The Morgan fingerprint density at radius 2 is 1.96 bits per heavy atom. The van der Waals surface area contributed by atoms with E-state index in [1.54, 1.807) is 0 Å². The summed E-state index contributed by atoms with van der Waals surface area (Å²) in [5.74, 6) is 3.61. The molecule has 25 heavy (non-hydrogen) atoms. The Bertz CT molecular complexity index is 640. The predicted octanol–water partition coefficient (Wildman–Crippen LogP) is 1.91. The van der Waals surface area contributed by atoms with Crippen LogP contribution in [0.3, 0.4) is 0 Å². The van der Waals surface area contributed by atoms with E-state index in [1.807, 2.05) is 6.07 Å². The molecule has 2 atom stereocenters. The number of aliphatic imine (C=N–C) groups is 1. The fraction of sp³-hybridized carbons (Fsp3) is 0.632. The normalized spacial score (nSPS) is 26.0. The Balaban J connectivity index is 1.31. The number of nitrogens with zero attached hydrogens (tertiary/aromatic N) is 3. The molecule has 1 saturated carbocycles. The van der Waals surface area contributed by atoms with Crippen molar-refractivity contribution in [2.24, 2.45) is 10.9 Å². The molecule has 2 unspecified atom stereocenters. The zero-order chi connectivity index (χ0) is 17.2. The summed E-state index contributed by atoms with van der Waals surface area (Å²) in [6.45, 7) is 10.7. The van der Waals surface area contributed by atoms with E-state index in [1.165, 1.54) is 12.0 Å². The third-order valence-corrected chi connectivity index (χ3v) is 5.25. The Kier molecular flexibility index (Phi) is 4.70. The topological polar surface area (TPSA) is 49.3 Å². The summed E-state index contributed by atoms with van der Waals surface area (Å²) >= 11 is 0. The lowest BCUT2D eigenvalue weighted by Gasteiger charge is -2.36. The van der Waals surface area contributed by atoms with Crippen LogP contribution in [0.15, 0.2) is 23.2 Å². The second-order valence-electron chi connectivity index (χ2n) is 7.21. The van der Waals surface area contributed by atoms with Gasteiger partial charge in [-0.15, -0.1) is 0 Å². The van der Waals surface area contributed by atoms with Crippen LogP contribution in [0.5, 0.6) is 11.5 Å². The minimum atomic E-state index is 0.337. The first-order valence-corrected chi connectivity index (χ1v) is 9.39. The summed E-state index contributed by atoms with van der Waals surface area (Å²) in [4.78, 5) is 9.60. The molecule has 1 N–H and O–H groups in total. The summed E-state index contributed by atoms with van der Waals surface area (Å²) in [5, 5.41) is 3.63. The SMILES string of the molecule is CCN=C(NC1CC1C)N1CCN(Cc2ccc3c(c2)OCO3)CC1. The lowest BCUT2D eigenvalue weighted by Crippen LogP contribution is -2.52. The molecular weight excluding hydrogens is 316 g/mol. The number of nitrogens with one attached hydrogen (secondary N) is 1. The lowest BCUT2D eigenvalue weighted by molar-refractivity contribution is 0.171. The molecule has 2 fully saturated rings. The number of hydrogen-bond donors (Lipinski definition) is 1. The van der Waals surface area contributed by atoms with Gasteiger partial charge in [0, 0.05) is 45.3 Å². The van der Waals surface area contributed by atoms with Gasteiger partial charge in [-0.1, -0.05) is 13.0 Å². The first-order valence-electron chi connectivity index (χ1n) is 9.39. The van der Waals surface area contributed by atoms with Crippen molar-refractivity contribution >= 4 is 5.96 Å². The van der Waals surface area contributed by atoms with Crippen LogP contribution in [-0.2, 0) is 6.54 Å². The average molecular weight is 344 g/mol. The van der Waals surface area contributed by atoms with Crippen LogP contribution in [0.4, 0.5) is 0 Å². The van der Waals surface area contributed by atoms with E-state index in [-0.39, 0.29) is 0 Å². The molecule has 1 saturated heterocycles. The van der Waals surface area contributed by atoms with E-state index in [0.717, 1.165) is 62.6 Å². The van der Waals surface area contributed by atoms with Crippen LogP contribution >= 0.6 is 0 Å². The summed E-state index contributed by atoms with van der Waals surface area (Å²) in [5.41, 5.74) is 1.28. The minimum Gasteiger partial charge on any atom is -0.454 e. The molecule has 1 aromatic carbocycles. The Morgan fingerprint density at radius 3 is 2.68 bits per heavy atom. The van der Waals surface area contributed by atoms with Crippen LogP contribution < -0.4 is 14.8 Å². The molecule has 136 valence electrons.